The first-order chi connectivity index (χ1) is 9.70. The van der Waals surface area contributed by atoms with Gasteiger partial charge in [-0.3, -0.25) is 14.5 Å². The van der Waals surface area contributed by atoms with Crippen molar-refractivity contribution in [3.63, 3.8) is 0 Å². The molecule has 1 aliphatic rings. The maximum absolute atomic E-state index is 12.0. The highest BCUT2D eigenvalue weighted by atomic mass is 32.1. The lowest BCUT2D eigenvalue weighted by Crippen LogP contribution is -2.66. The summed E-state index contributed by atoms with van der Waals surface area (Å²) in [4.78, 5) is 25.1. The van der Waals surface area contributed by atoms with Crippen LogP contribution in [0.5, 0.6) is 0 Å². The van der Waals surface area contributed by atoms with Crippen LogP contribution in [0, 0.1) is 5.92 Å². The van der Waals surface area contributed by atoms with Gasteiger partial charge in [-0.25, -0.2) is 0 Å². The van der Waals surface area contributed by atoms with E-state index >= 15 is 0 Å². The first-order valence-electron chi connectivity index (χ1n) is 6.70. The first-order valence-corrected chi connectivity index (χ1v) is 7.64. The molecule has 0 saturated carbocycles. The van der Waals surface area contributed by atoms with Crippen LogP contribution >= 0.6 is 11.3 Å². The fourth-order valence-corrected chi connectivity index (χ4v) is 3.00. The number of thiophene rings is 1. The summed E-state index contributed by atoms with van der Waals surface area (Å²) in [6, 6.07) is 0.946. The van der Waals surface area contributed by atoms with E-state index in [4.69, 9.17) is 10.5 Å². The molecule has 0 aliphatic carbocycles. The van der Waals surface area contributed by atoms with Gasteiger partial charge >= 0.3 is 11.9 Å². The molecule has 1 aromatic rings. The Kier molecular flexibility index (Phi) is 4.36. The van der Waals surface area contributed by atoms with Crippen LogP contribution in [0.2, 0.25) is 0 Å². The van der Waals surface area contributed by atoms with E-state index in [9.17, 15) is 14.7 Å². The Labute approximate surface area is 127 Å². The highest BCUT2D eigenvalue weighted by Crippen LogP contribution is 2.34. The molecule has 2 rings (SSSR count). The molecule has 3 atom stereocenters. The zero-order valence-corrected chi connectivity index (χ0v) is 13.1. The van der Waals surface area contributed by atoms with Gasteiger partial charge in [-0.2, -0.15) is 11.3 Å². The number of hydrogen-bond donors (Lipinski definition) is 2. The van der Waals surface area contributed by atoms with Crippen molar-refractivity contribution in [3.05, 3.63) is 22.4 Å². The minimum atomic E-state index is -0.966. The highest BCUT2D eigenvalue weighted by Gasteiger charge is 2.48. The van der Waals surface area contributed by atoms with E-state index in [2.05, 4.69) is 0 Å². The van der Waals surface area contributed by atoms with Crippen molar-refractivity contribution in [3.8, 4) is 0 Å². The molecule has 21 heavy (non-hydrogen) atoms. The van der Waals surface area contributed by atoms with Gasteiger partial charge in [-0.1, -0.05) is 0 Å². The summed E-state index contributed by atoms with van der Waals surface area (Å²) in [6.45, 7) is 5.66. The minimum Gasteiger partial charge on any atom is -0.480 e. The molecule has 3 N–H and O–H groups in total. The largest absolute Gasteiger partial charge is 0.480 e. The Morgan fingerprint density at radius 2 is 2.19 bits per heavy atom. The third-order valence-electron chi connectivity index (χ3n) is 3.34. The Morgan fingerprint density at radius 3 is 2.62 bits per heavy atom. The number of nitrogens with zero attached hydrogens (tertiary/aromatic N) is 1. The number of esters is 1. The van der Waals surface area contributed by atoms with Crippen LogP contribution in [-0.4, -0.2) is 40.3 Å². The van der Waals surface area contributed by atoms with Gasteiger partial charge in [0.2, 0.25) is 0 Å². The second kappa shape index (κ2) is 5.75. The van der Waals surface area contributed by atoms with Gasteiger partial charge in [0.15, 0.2) is 0 Å². The van der Waals surface area contributed by atoms with Gasteiger partial charge < -0.3 is 15.6 Å². The molecule has 1 aromatic heterocycles. The number of carbonyl (C=O) groups is 2. The van der Waals surface area contributed by atoms with Crippen LogP contribution in [-0.2, 0) is 14.3 Å². The maximum atomic E-state index is 12.0. The Balaban J connectivity index is 2.05. The third kappa shape index (κ3) is 3.42. The molecule has 1 aliphatic heterocycles. The molecule has 0 amide bonds. The number of nitrogens with two attached hydrogens (primary N) is 1. The number of ether oxygens (including phenoxy) is 1. The quantitative estimate of drug-likeness (QED) is 0.817. The van der Waals surface area contributed by atoms with E-state index in [1.54, 1.807) is 37.1 Å². The minimum absolute atomic E-state index is 0.295. The van der Waals surface area contributed by atoms with Crippen LogP contribution in [0.3, 0.4) is 0 Å². The van der Waals surface area contributed by atoms with Gasteiger partial charge in [0.1, 0.15) is 11.6 Å². The van der Waals surface area contributed by atoms with E-state index in [0.717, 1.165) is 0 Å². The van der Waals surface area contributed by atoms with Crippen LogP contribution in [0.15, 0.2) is 16.8 Å². The molecule has 2 heterocycles. The van der Waals surface area contributed by atoms with Crippen molar-refractivity contribution < 1.29 is 19.4 Å². The molecule has 6 nitrogen and oxygen atoms in total. The smallest absolute Gasteiger partial charge is 0.325 e. The SMILES string of the molecule is CC(C)(C)OC(=O)[C@H]1CN([C@H](C(=O)O)c2ccsc2)[C@H]1N. The third-order valence-corrected chi connectivity index (χ3v) is 4.04. The number of aliphatic carboxylic acids is 1. The predicted molar refractivity (Wildman–Crippen MR) is 78.7 cm³/mol. The van der Waals surface area contributed by atoms with Crippen molar-refractivity contribution in [2.75, 3.05) is 6.54 Å². The summed E-state index contributed by atoms with van der Waals surface area (Å²) in [5, 5.41) is 13.0. The van der Waals surface area contributed by atoms with E-state index in [1.807, 2.05) is 5.38 Å². The van der Waals surface area contributed by atoms with Gasteiger partial charge in [-0.05, 0) is 43.2 Å². The second-order valence-electron chi connectivity index (χ2n) is 6.12. The molecule has 116 valence electrons. The van der Waals surface area contributed by atoms with Crippen molar-refractivity contribution in [2.45, 2.75) is 38.6 Å². The molecule has 1 fully saturated rings. The number of carboxylic acid groups (broad SMARTS) is 1. The fourth-order valence-electron chi connectivity index (χ4n) is 2.33. The topological polar surface area (TPSA) is 92.9 Å². The van der Waals surface area contributed by atoms with Crippen LogP contribution in [0.1, 0.15) is 32.4 Å². The van der Waals surface area contributed by atoms with E-state index in [1.165, 1.54) is 11.3 Å². The predicted octanol–water partition coefficient (Wildman–Crippen LogP) is 1.43. The van der Waals surface area contributed by atoms with Gasteiger partial charge in [0.05, 0.1) is 12.1 Å². The van der Waals surface area contributed by atoms with Gasteiger partial charge in [0, 0.05) is 6.54 Å². The Bertz CT molecular complexity index is 524. The second-order valence-corrected chi connectivity index (χ2v) is 6.90. The molecule has 0 unspecified atom stereocenters. The number of hydrogen-bond acceptors (Lipinski definition) is 6. The molecule has 0 radical (unpaired) electrons. The molecular formula is C14H20N2O4S. The summed E-state index contributed by atoms with van der Waals surface area (Å²) < 4.78 is 5.30. The van der Waals surface area contributed by atoms with E-state index in [0.29, 0.717) is 12.1 Å². The molecule has 1 saturated heterocycles. The van der Waals surface area contributed by atoms with E-state index < -0.39 is 29.7 Å². The molecular weight excluding hydrogens is 292 g/mol. The van der Waals surface area contributed by atoms with Gasteiger partial charge in [-0.15, -0.1) is 0 Å². The van der Waals surface area contributed by atoms with E-state index in [-0.39, 0.29) is 5.97 Å². The lowest BCUT2D eigenvalue weighted by Gasteiger charge is -2.47. The van der Waals surface area contributed by atoms with Crippen molar-refractivity contribution >= 4 is 23.3 Å². The highest BCUT2D eigenvalue weighted by molar-refractivity contribution is 7.08. The number of carboxylic acids is 1. The maximum Gasteiger partial charge on any atom is 0.325 e. The molecule has 0 bridgehead atoms. The summed E-state index contributed by atoms with van der Waals surface area (Å²) in [6.07, 6.45) is -0.638. The number of carbonyl (C=O) groups excluding carboxylic acids is 1. The van der Waals surface area contributed by atoms with Crippen LogP contribution in [0.4, 0.5) is 0 Å². The Hall–Kier alpha value is -1.44. The molecule has 0 aromatic carbocycles. The molecule has 7 heteroatoms. The monoisotopic (exact) mass is 312 g/mol. The fraction of sp³-hybridized carbons (Fsp3) is 0.571. The summed E-state index contributed by atoms with van der Waals surface area (Å²) in [7, 11) is 0. The summed E-state index contributed by atoms with van der Waals surface area (Å²) in [5.41, 5.74) is 6.11. The average Bonchev–Trinajstić information content (AvgIpc) is 2.83. The van der Waals surface area contributed by atoms with Crippen LogP contribution < -0.4 is 5.73 Å². The normalized spacial score (nSPS) is 24.2. The summed E-state index contributed by atoms with van der Waals surface area (Å²) in [5.74, 6) is -1.82. The Morgan fingerprint density at radius 1 is 1.52 bits per heavy atom. The van der Waals surface area contributed by atoms with Crippen molar-refractivity contribution in [1.29, 1.82) is 0 Å². The average molecular weight is 312 g/mol. The number of likely N-dealkylation sites (tertiary alicyclic amines) is 1. The lowest BCUT2D eigenvalue weighted by molar-refractivity contribution is -0.176. The lowest BCUT2D eigenvalue weighted by atomic mass is 9.91. The number of rotatable bonds is 4. The zero-order valence-electron chi connectivity index (χ0n) is 12.3. The van der Waals surface area contributed by atoms with Crippen molar-refractivity contribution in [2.24, 2.45) is 11.7 Å². The van der Waals surface area contributed by atoms with Crippen LogP contribution in [0.25, 0.3) is 0 Å². The van der Waals surface area contributed by atoms with Crippen molar-refractivity contribution in [1.82, 2.24) is 4.90 Å². The summed E-state index contributed by atoms with van der Waals surface area (Å²) >= 11 is 1.43. The van der Waals surface area contributed by atoms with Gasteiger partial charge in [0.25, 0.3) is 0 Å². The molecule has 0 spiro atoms. The zero-order chi connectivity index (χ0) is 15.8. The standard InChI is InChI=1S/C14H20N2O4S/c1-14(2,3)20-13(19)9-6-16(11(9)15)10(12(17)18)8-4-5-21-7-8/h4-5,7,9-11H,6,15H2,1-3H3,(H,17,18)/t9-,10-,11+/m0/s1. The first kappa shape index (κ1) is 15.9.